The maximum atomic E-state index is 12.7. The van der Waals surface area contributed by atoms with E-state index in [0.717, 1.165) is 30.5 Å². The standard InChI is InChI=1S/C21H26N2O2.ClH/c1-15(16-8-3-2-4-9-16)25-20-13-6-5-12-19(20)23-21(24)18-11-7-10-17(18)14-22;/h2-6,8-9,12-13,15,17-18H,7,10-11,14,22H2,1H3,(H,23,24);1H/t15?,17-,18-;/m1./s1. The van der Waals surface area contributed by atoms with E-state index in [0.29, 0.717) is 12.3 Å². The number of amides is 1. The predicted octanol–water partition coefficient (Wildman–Crippen LogP) is 4.56. The summed E-state index contributed by atoms with van der Waals surface area (Å²) in [5, 5.41) is 3.05. The lowest BCUT2D eigenvalue weighted by atomic mass is 9.95. The Hall–Kier alpha value is -2.04. The quantitative estimate of drug-likeness (QED) is 0.778. The molecule has 0 spiro atoms. The smallest absolute Gasteiger partial charge is 0.227 e. The summed E-state index contributed by atoms with van der Waals surface area (Å²) in [5.41, 5.74) is 7.63. The molecule has 3 atom stereocenters. The minimum atomic E-state index is -0.0949. The van der Waals surface area contributed by atoms with Crippen molar-refractivity contribution >= 4 is 24.0 Å². The van der Waals surface area contributed by atoms with Crippen molar-refractivity contribution in [3.05, 3.63) is 60.2 Å². The first-order valence-electron chi connectivity index (χ1n) is 9.00. The molecule has 0 radical (unpaired) electrons. The molecule has 26 heavy (non-hydrogen) atoms. The van der Waals surface area contributed by atoms with Crippen LogP contribution in [0.1, 0.15) is 37.9 Å². The Bertz CT molecular complexity index is 708. The molecule has 3 rings (SSSR count). The topological polar surface area (TPSA) is 64.3 Å². The molecule has 1 amide bonds. The van der Waals surface area contributed by atoms with Gasteiger partial charge in [-0.15, -0.1) is 12.4 Å². The first-order chi connectivity index (χ1) is 12.2. The predicted molar refractivity (Wildman–Crippen MR) is 108 cm³/mol. The molecule has 3 N–H and O–H groups in total. The molecule has 0 aromatic heterocycles. The number of rotatable bonds is 6. The number of carbonyl (C=O) groups is 1. The van der Waals surface area contributed by atoms with Crippen molar-refractivity contribution in [2.75, 3.05) is 11.9 Å². The van der Waals surface area contributed by atoms with E-state index in [1.807, 2.05) is 61.5 Å². The minimum absolute atomic E-state index is 0. The van der Waals surface area contributed by atoms with Gasteiger partial charge in [-0.25, -0.2) is 0 Å². The van der Waals surface area contributed by atoms with E-state index in [2.05, 4.69) is 5.32 Å². The Labute approximate surface area is 161 Å². The van der Waals surface area contributed by atoms with Crippen molar-refractivity contribution in [2.45, 2.75) is 32.3 Å². The largest absolute Gasteiger partial charge is 0.484 e. The van der Waals surface area contributed by atoms with E-state index in [9.17, 15) is 4.79 Å². The second kappa shape index (κ2) is 9.60. The van der Waals surface area contributed by atoms with Gasteiger partial charge in [-0.05, 0) is 49.9 Å². The molecule has 4 nitrogen and oxygen atoms in total. The van der Waals surface area contributed by atoms with Crippen molar-refractivity contribution in [2.24, 2.45) is 17.6 Å². The van der Waals surface area contributed by atoms with Gasteiger partial charge in [-0.2, -0.15) is 0 Å². The van der Waals surface area contributed by atoms with E-state index in [1.165, 1.54) is 0 Å². The molecule has 1 fully saturated rings. The van der Waals surface area contributed by atoms with Crippen LogP contribution in [0.25, 0.3) is 0 Å². The number of anilines is 1. The third kappa shape index (κ3) is 4.77. The summed E-state index contributed by atoms with van der Waals surface area (Å²) in [6.45, 7) is 2.58. The molecular formula is C21H27ClN2O2. The zero-order valence-corrected chi connectivity index (χ0v) is 15.9. The first-order valence-corrected chi connectivity index (χ1v) is 9.00. The molecule has 0 saturated heterocycles. The lowest BCUT2D eigenvalue weighted by Crippen LogP contribution is -2.29. The van der Waals surface area contributed by atoms with Crippen LogP contribution in [0.3, 0.4) is 0 Å². The lowest BCUT2D eigenvalue weighted by molar-refractivity contribution is -0.120. The Morgan fingerprint density at radius 1 is 1.15 bits per heavy atom. The fraction of sp³-hybridized carbons (Fsp3) is 0.381. The Morgan fingerprint density at radius 3 is 2.58 bits per heavy atom. The van der Waals surface area contributed by atoms with Crippen molar-refractivity contribution < 1.29 is 9.53 Å². The van der Waals surface area contributed by atoms with Crippen LogP contribution in [-0.4, -0.2) is 12.5 Å². The Kier molecular flexibility index (Phi) is 7.49. The summed E-state index contributed by atoms with van der Waals surface area (Å²) < 4.78 is 6.11. The van der Waals surface area contributed by atoms with Gasteiger partial charge < -0.3 is 15.8 Å². The van der Waals surface area contributed by atoms with Gasteiger partial charge in [0.25, 0.3) is 0 Å². The summed E-state index contributed by atoms with van der Waals surface area (Å²) in [7, 11) is 0. The van der Waals surface area contributed by atoms with Crippen LogP contribution in [-0.2, 0) is 4.79 Å². The van der Waals surface area contributed by atoms with Gasteiger partial charge >= 0.3 is 0 Å². The first kappa shape index (κ1) is 20.3. The van der Waals surface area contributed by atoms with Crippen LogP contribution in [0.5, 0.6) is 5.75 Å². The molecular weight excluding hydrogens is 348 g/mol. The van der Waals surface area contributed by atoms with E-state index in [4.69, 9.17) is 10.5 Å². The molecule has 140 valence electrons. The summed E-state index contributed by atoms with van der Waals surface area (Å²) in [6.07, 6.45) is 2.93. The number of carbonyl (C=O) groups excluding carboxylic acids is 1. The van der Waals surface area contributed by atoms with E-state index in [1.54, 1.807) is 0 Å². The fourth-order valence-electron chi connectivity index (χ4n) is 3.54. The molecule has 0 bridgehead atoms. The highest BCUT2D eigenvalue weighted by atomic mass is 35.5. The zero-order chi connectivity index (χ0) is 17.6. The van der Waals surface area contributed by atoms with Gasteiger partial charge in [0, 0.05) is 5.92 Å². The number of hydrogen-bond acceptors (Lipinski definition) is 3. The highest BCUT2D eigenvalue weighted by Gasteiger charge is 2.32. The summed E-state index contributed by atoms with van der Waals surface area (Å²) in [6, 6.07) is 17.7. The van der Waals surface area contributed by atoms with Crippen molar-refractivity contribution in [1.29, 1.82) is 0 Å². The van der Waals surface area contributed by atoms with Crippen LogP contribution in [0, 0.1) is 11.8 Å². The van der Waals surface area contributed by atoms with E-state index >= 15 is 0 Å². The zero-order valence-electron chi connectivity index (χ0n) is 15.1. The minimum Gasteiger partial charge on any atom is -0.484 e. The maximum Gasteiger partial charge on any atom is 0.227 e. The second-order valence-electron chi connectivity index (χ2n) is 6.69. The van der Waals surface area contributed by atoms with Crippen LogP contribution < -0.4 is 15.8 Å². The molecule has 1 saturated carbocycles. The highest BCUT2D eigenvalue weighted by molar-refractivity contribution is 5.94. The number of ether oxygens (including phenoxy) is 1. The monoisotopic (exact) mass is 374 g/mol. The summed E-state index contributed by atoms with van der Waals surface area (Å²) in [5.74, 6) is 1.03. The number of hydrogen-bond donors (Lipinski definition) is 2. The molecule has 2 aromatic rings. The molecule has 0 heterocycles. The average Bonchev–Trinajstić information content (AvgIpc) is 3.13. The summed E-state index contributed by atoms with van der Waals surface area (Å²) >= 11 is 0. The number of halogens is 1. The van der Waals surface area contributed by atoms with E-state index in [-0.39, 0.29) is 36.3 Å². The number of nitrogens with two attached hydrogens (primary N) is 1. The maximum absolute atomic E-state index is 12.7. The molecule has 0 aliphatic heterocycles. The molecule has 2 aromatic carbocycles. The van der Waals surface area contributed by atoms with Gasteiger partial charge in [-0.1, -0.05) is 48.9 Å². The normalized spacial score (nSPS) is 20.1. The molecule has 1 unspecified atom stereocenters. The van der Waals surface area contributed by atoms with Crippen molar-refractivity contribution in [3.63, 3.8) is 0 Å². The average molecular weight is 375 g/mol. The fourth-order valence-corrected chi connectivity index (χ4v) is 3.54. The highest BCUT2D eigenvalue weighted by Crippen LogP contribution is 2.34. The number of benzene rings is 2. The van der Waals surface area contributed by atoms with Crippen LogP contribution in [0.4, 0.5) is 5.69 Å². The van der Waals surface area contributed by atoms with Gasteiger partial charge in [0.15, 0.2) is 0 Å². The third-order valence-corrected chi connectivity index (χ3v) is 5.02. The van der Waals surface area contributed by atoms with Crippen molar-refractivity contribution in [3.8, 4) is 5.75 Å². The molecule has 1 aliphatic rings. The number of para-hydroxylation sites is 2. The van der Waals surface area contributed by atoms with Crippen molar-refractivity contribution in [1.82, 2.24) is 0 Å². The van der Waals surface area contributed by atoms with Crippen LogP contribution >= 0.6 is 12.4 Å². The SMILES string of the molecule is CC(Oc1ccccc1NC(=O)[C@@H]1CCC[C@@H]1CN)c1ccccc1.Cl. The van der Waals surface area contributed by atoms with Crippen LogP contribution in [0.2, 0.25) is 0 Å². The molecule has 1 aliphatic carbocycles. The van der Waals surface area contributed by atoms with Crippen LogP contribution in [0.15, 0.2) is 54.6 Å². The Balaban J connectivity index is 0.00000243. The van der Waals surface area contributed by atoms with Gasteiger partial charge in [0.05, 0.1) is 5.69 Å². The van der Waals surface area contributed by atoms with E-state index < -0.39 is 0 Å². The van der Waals surface area contributed by atoms with Gasteiger partial charge in [0.2, 0.25) is 5.91 Å². The lowest BCUT2D eigenvalue weighted by Gasteiger charge is -2.21. The summed E-state index contributed by atoms with van der Waals surface area (Å²) in [4.78, 5) is 12.7. The third-order valence-electron chi connectivity index (χ3n) is 5.02. The van der Waals surface area contributed by atoms with Gasteiger partial charge in [-0.3, -0.25) is 4.79 Å². The molecule has 5 heteroatoms. The van der Waals surface area contributed by atoms with Gasteiger partial charge in [0.1, 0.15) is 11.9 Å². The second-order valence-corrected chi connectivity index (χ2v) is 6.69. The Morgan fingerprint density at radius 2 is 1.85 bits per heavy atom. The number of nitrogens with one attached hydrogen (secondary N) is 1.